The van der Waals surface area contributed by atoms with E-state index in [2.05, 4.69) is 15.5 Å². The number of aromatic nitrogens is 1. The quantitative estimate of drug-likeness (QED) is 0.482. The highest BCUT2D eigenvalue weighted by Crippen LogP contribution is 2.29. The van der Waals surface area contributed by atoms with Gasteiger partial charge in [-0.3, -0.25) is 14.9 Å². The van der Waals surface area contributed by atoms with E-state index in [4.69, 9.17) is 16.3 Å². The van der Waals surface area contributed by atoms with Crippen molar-refractivity contribution in [1.29, 1.82) is 0 Å². The van der Waals surface area contributed by atoms with Crippen molar-refractivity contribution in [3.8, 4) is 5.75 Å². The van der Waals surface area contributed by atoms with Crippen molar-refractivity contribution in [2.45, 2.75) is 0 Å². The molecular formula is C13H11ClN4O4. The molecule has 0 aliphatic rings. The van der Waals surface area contributed by atoms with Crippen molar-refractivity contribution in [2.24, 2.45) is 5.10 Å². The van der Waals surface area contributed by atoms with E-state index in [1.165, 1.54) is 18.3 Å². The van der Waals surface area contributed by atoms with Gasteiger partial charge in [-0.25, -0.2) is 5.43 Å². The van der Waals surface area contributed by atoms with Crippen LogP contribution in [0, 0.1) is 10.1 Å². The average molecular weight is 323 g/mol. The lowest BCUT2D eigenvalue weighted by Crippen LogP contribution is -2.24. The number of nitro groups is 1. The van der Waals surface area contributed by atoms with Crippen LogP contribution in [0.2, 0.25) is 5.02 Å². The summed E-state index contributed by atoms with van der Waals surface area (Å²) in [6.07, 6.45) is 3.13. The molecule has 0 saturated carbocycles. The van der Waals surface area contributed by atoms with Crippen molar-refractivity contribution >= 4 is 29.4 Å². The van der Waals surface area contributed by atoms with Crippen molar-refractivity contribution in [2.75, 3.05) is 6.61 Å². The van der Waals surface area contributed by atoms with Crippen molar-refractivity contribution in [3.63, 3.8) is 0 Å². The van der Waals surface area contributed by atoms with Crippen LogP contribution in [0.4, 0.5) is 5.69 Å². The number of carbonyl (C=O) groups is 1. The Morgan fingerprint density at radius 1 is 1.50 bits per heavy atom. The van der Waals surface area contributed by atoms with Gasteiger partial charge in [-0.1, -0.05) is 11.6 Å². The van der Waals surface area contributed by atoms with Gasteiger partial charge in [0.2, 0.25) is 0 Å². The summed E-state index contributed by atoms with van der Waals surface area (Å²) in [5, 5.41) is 14.8. The number of halogens is 1. The summed E-state index contributed by atoms with van der Waals surface area (Å²) in [6, 6.07) is 7.47. The van der Waals surface area contributed by atoms with Crippen LogP contribution in [0.15, 0.2) is 41.6 Å². The van der Waals surface area contributed by atoms with Gasteiger partial charge >= 0.3 is 5.69 Å². The minimum absolute atomic E-state index is 0.0436. The molecule has 0 saturated heterocycles. The number of ether oxygens (including phenoxy) is 1. The molecule has 0 unspecified atom stereocenters. The summed E-state index contributed by atoms with van der Waals surface area (Å²) in [5.74, 6) is -0.593. The predicted molar refractivity (Wildman–Crippen MR) is 80.1 cm³/mol. The molecule has 114 valence electrons. The number of rotatable bonds is 6. The normalized spacial score (nSPS) is 10.6. The van der Waals surface area contributed by atoms with E-state index >= 15 is 0 Å². The first-order chi connectivity index (χ1) is 10.6. The molecular weight excluding hydrogens is 312 g/mol. The number of aromatic amines is 1. The highest BCUT2D eigenvalue weighted by Gasteiger charge is 2.16. The SMILES string of the molecule is O=C(COc1ccc(Cl)cc1[N+](=O)[O-])N/N=C\c1ccc[nH]1. The van der Waals surface area contributed by atoms with Crippen LogP contribution in [0.1, 0.15) is 5.69 Å². The van der Waals surface area contributed by atoms with Gasteiger partial charge in [0, 0.05) is 17.3 Å². The number of carbonyl (C=O) groups excluding carboxylic acids is 1. The van der Waals surface area contributed by atoms with E-state index in [1.54, 1.807) is 18.3 Å². The fraction of sp³-hybridized carbons (Fsp3) is 0.0769. The van der Waals surface area contributed by atoms with Crippen molar-refractivity contribution in [1.82, 2.24) is 10.4 Å². The molecule has 0 aliphatic carbocycles. The summed E-state index contributed by atoms with van der Waals surface area (Å²) in [5.41, 5.74) is 2.65. The molecule has 0 aliphatic heterocycles. The minimum Gasteiger partial charge on any atom is -0.477 e. The zero-order chi connectivity index (χ0) is 15.9. The van der Waals surface area contributed by atoms with Gasteiger partial charge in [0.15, 0.2) is 12.4 Å². The number of nitrogens with zero attached hydrogens (tertiary/aromatic N) is 2. The van der Waals surface area contributed by atoms with Gasteiger partial charge in [-0.05, 0) is 24.3 Å². The number of benzene rings is 1. The van der Waals surface area contributed by atoms with Gasteiger partial charge in [0.1, 0.15) is 0 Å². The summed E-state index contributed by atoms with van der Waals surface area (Å²) < 4.78 is 5.11. The Labute approximate surface area is 129 Å². The monoisotopic (exact) mass is 322 g/mol. The van der Waals surface area contributed by atoms with E-state index in [1.807, 2.05) is 0 Å². The molecule has 1 aromatic heterocycles. The Morgan fingerprint density at radius 3 is 3.00 bits per heavy atom. The topological polar surface area (TPSA) is 110 Å². The molecule has 1 aromatic carbocycles. The van der Waals surface area contributed by atoms with Crippen LogP contribution < -0.4 is 10.2 Å². The number of H-pyrrole nitrogens is 1. The van der Waals surface area contributed by atoms with E-state index in [9.17, 15) is 14.9 Å². The summed E-state index contributed by atoms with van der Waals surface area (Å²) in [6.45, 7) is -0.412. The highest BCUT2D eigenvalue weighted by atomic mass is 35.5. The minimum atomic E-state index is -0.636. The lowest BCUT2D eigenvalue weighted by molar-refractivity contribution is -0.385. The highest BCUT2D eigenvalue weighted by molar-refractivity contribution is 6.30. The fourth-order valence-corrected chi connectivity index (χ4v) is 1.70. The number of amides is 1. The Hall–Kier alpha value is -2.87. The van der Waals surface area contributed by atoms with Crippen molar-refractivity contribution < 1.29 is 14.5 Å². The maximum absolute atomic E-state index is 11.5. The summed E-state index contributed by atoms with van der Waals surface area (Å²) in [7, 11) is 0. The molecule has 2 aromatic rings. The van der Waals surface area contributed by atoms with Gasteiger partial charge in [-0.2, -0.15) is 5.10 Å². The Bertz CT molecular complexity index is 700. The molecule has 22 heavy (non-hydrogen) atoms. The zero-order valence-electron chi connectivity index (χ0n) is 11.2. The lowest BCUT2D eigenvalue weighted by atomic mass is 10.3. The standard InChI is InChI=1S/C13H11ClN4O4/c14-9-3-4-12(11(6-9)18(20)21)22-8-13(19)17-16-7-10-2-1-5-15-10/h1-7,15H,8H2,(H,17,19)/b16-7-. The van der Waals surface area contributed by atoms with E-state index in [0.29, 0.717) is 0 Å². The third-order valence-corrected chi connectivity index (χ3v) is 2.73. The number of hydrazone groups is 1. The largest absolute Gasteiger partial charge is 0.477 e. The second kappa shape index (κ2) is 7.23. The second-order valence-electron chi connectivity index (χ2n) is 4.08. The average Bonchev–Trinajstić information content (AvgIpc) is 2.99. The number of nitrogens with one attached hydrogen (secondary N) is 2. The van der Waals surface area contributed by atoms with E-state index in [0.717, 1.165) is 11.8 Å². The Morgan fingerprint density at radius 2 is 2.32 bits per heavy atom. The Balaban J connectivity index is 1.90. The lowest BCUT2D eigenvalue weighted by Gasteiger charge is -2.05. The smallest absolute Gasteiger partial charge is 0.312 e. The maximum Gasteiger partial charge on any atom is 0.312 e. The van der Waals surface area contributed by atoms with Gasteiger partial charge in [0.05, 0.1) is 16.8 Å². The molecule has 9 heteroatoms. The van der Waals surface area contributed by atoms with Crippen LogP contribution in [-0.4, -0.2) is 28.6 Å². The number of nitro benzene ring substituents is 1. The van der Waals surface area contributed by atoms with Gasteiger partial charge in [-0.15, -0.1) is 0 Å². The summed E-state index contributed by atoms with van der Waals surface area (Å²) in [4.78, 5) is 24.6. The van der Waals surface area contributed by atoms with Crippen LogP contribution in [0.5, 0.6) is 5.75 Å². The van der Waals surface area contributed by atoms with Crippen LogP contribution in [0.3, 0.4) is 0 Å². The second-order valence-corrected chi connectivity index (χ2v) is 4.51. The maximum atomic E-state index is 11.5. The van der Waals surface area contributed by atoms with Crippen LogP contribution in [0.25, 0.3) is 0 Å². The predicted octanol–water partition coefficient (Wildman–Crippen LogP) is 2.11. The third kappa shape index (κ3) is 4.32. The molecule has 0 spiro atoms. The van der Waals surface area contributed by atoms with Crippen molar-refractivity contribution in [3.05, 3.63) is 57.4 Å². The summed E-state index contributed by atoms with van der Waals surface area (Å²) >= 11 is 5.68. The van der Waals surface area contributed by atoms with E-state index in [-0.39, 0.29) is 16.5 Å². The number of hydrogen-bond donors (Lipinski definition) is 2. The first-order valence-corrected chi connectivity index (χ1v) is 6.46. The number of hydrogen-bond acceptors (Lipinski definition) is 5. The first-order valence-electron chi connectivity index (χ1n) is 6.08. The van der Waals surface area contributed by atoms with Crippen LogP contribution in [-0.2, 0) is 4.79 Å². The molecule has 1 amide bonds. The molecule has 2 rings (SSSR count). The fourth-order valence-electron chi connectivity index (χ4n) is 1.53. The molecule has 2 N–H and O–H groups in total. The molecule has 0 bridgehead atoms. The zero-order valence-corrected chi connectivity index (χ0v) is 11.9. The van der Waals surface area contributed by atoms with Gasteiger partial charge in [0.25, 0.3) is 5.91 Å². The first kappa shape index (κ1) is 15.5. The third-order valence-electron chi connectivity index (χ3n) is 2.49. The Kier molecular flexibility index (Phi) is 5.10. The molecule has 0 fully saturated rings. The van der Waals surface area contributed by atoms with Crippen LogP contribution >= 0.6 is 11.6 Å². The molecule has 0 atom stereocenters. The molecule has 0 radical (unpaired) electrons. The molecule has 1 heterocycles. The molecule has 8 nitrogen and oxygen atoms in total. The van der Waals surface area contributed by atoms with E-state index < -0.39 is 17.4 Å². The van der Waals surface area contributed by atoms with Gasteiger partial charge < -0.3 is 9.72 Å².